The molecule has 1 aliphatic carbocycles. The summed E-state index contributed by atoms with van der Waals surface area (Å²) >= 11 is 0. The van der Waals surface area contributed by atoms with Gasteiger partial charge >= 0.3 is 0 Å². The first kappa shape index (κ1) is 16.4. The predicted octanol–water partition coefficient (Wildman–Crippen LogP) is 2.21. The van der Waals surface area contributed by atoms with Crippen LogP contribution in [0, 0.1) is 0 Å². The zero-order valence-electron chi connectivity index (χ0n) is 14.7. The third-order valence-electron chi connectivity index (χ3n) is 5.08. The lowest BCUT2D eigenvalue weighted by atomic mass is 9.98. The molecule has 1 aromatic rings. The number of benzene rings is 1. The maximum absolute atomic E-state index is 12.6. The number of nitrogens with zero attached hydrogens (tertiary/aromatic N) is 3. The van der Waals surface area contributed by atoms with Crippen LogP contribution in [0.15, 0.2) is 34.5 Å². The average molecular weight is 336 g/mol. The minimum Gasteiger partial charge on any atom is -0.315 e. The molecule has 1 fully saturated rings. The Morgan fingerprint density at radius 1 is 1.20 bits per heavy atom. The van der Waals surface area contributed by atoms with Crippen LogP contribution in [0.5, 0.6) is 0 Å². The highest BCUT2D eigenvalue weighted by atomic mass is 16.1. The fourth-order valence-electron chi connectivity index (χ4n) is 3.87. The highest BCUT2D eigenvalue weighted by Gasteiger charge is 2.28. The molecule has 130 valence electrons. The van der Waals surface area contributed by atoms with Crippen LogP contribution < -0.4 is 5.32 Å². The summed E-state index contributed by atoms with van der Waals surface area (Å²) in [5.41, 5.74) is 6.26. The van der Waals surface area contributed by atoms with Gasteiger partial charge in [0.05, 0.1) is 5.71 Å². The van der Waals surface area contributed by atoms with Crippen molar-refractivity contribution in [2.75, 3.05) is 26.2 Å². The molecular formula is C20H24N4O. The maximum Gasteiger partial charge on any atom is 0.167 e. The van der Waals surface area contributed by atoms with Crippen LogP contribution in [0.2, 0.25) is 0 Å². The summed E-state index contributed by atoms with van der Waals surface area (Å²) in [4.78, 5) is 15.1. The van der Waals surface area contributed by atoms with E-state index in [1.807, 2.05) is 13.0 Å². The van der Waals surface area contributed by atoms with E-state index in [1.54, 1.807) is 0 Å². The standard InChI is InChI=1S/C20H24N4O/c1-14-10-17(23-22-14)12-18-19(25)11-15-4-2-5-16(20(15)18)13-24-8-3-6-21-7-9-24/h2,4-5,12,21H,3,6-11,13H2,1H3/b18-12+. The largest absolute Gasteiger partial charge is 0.315 e. The molecule has 2 aliphatic heterocycles. The van der Waals surface area contributed by atoms with E-state index >= 15 is 0 Å². The second-order valence-corrected chi connectivity index (χ2v) is 7.09. The van der Waals surface area contributed by atoms with Gasteiger partial charge in [-0.15, -0.1) is 0 Å². The summed E-state index contributed by atoms with van der Waals surface area (Å²) in [7, 11) is 0. The molecule has 0 unspecified atom stereocenters. The molecule has 0 saturated carbocycles. The van der Waals surface area contributed by atoms with Gasteiger partial charge in [0, 0.05) is 43.8 Å². The summed E-state index contributed by atoms with van der Waals surface area (Å²) in [6.07, 6.45) is 4.38. The Morgan fingerprint density at radius 2 is 2.12 bits per heavy atom. The molecule has 0 atom stereocenters. The molecule has 1 aromatic carbocycles. The molecule has 0 spiro atoms. The van der Waals surface area contributed by atoms with Crippen LogP contribution in [-0.2, 0) is 17.8 Å². The van der Waals surface area contributed by atoms with E-state index in [0.29, 0.717) is 6.42 Å². The summed E-state index contributed by atoms with van der Waals surface area (Å²) in [5, 5.41) is 11.8. The molecule has 2 heterocycles. The molecule has 0 aromatic heterocycles. The van der Waals surface area contributed by atoms with Crippen molar-refractivity contribution < 1.29 is 4.79 Å². The second-order valence-electron chi connectivity index (χ2n) is 7.09. The van der Waals surface area contributed by atoms with Gasteiger partial charge in [-0.25, -0.2) is 0 Å². The van der Waals surface area contributed by atoms with Gasteiger partial charge in [0.25, 0.3) is 0 Å². The lowest BCUT2D eigenvalue weighted by Crippen LogP contribution is -2.28. The Morgan fingerprint density at radius 3 is 2.96 bits per heavy atom. The van der Waals surface area contributed by atoms with Gasteiger partial charge < -0.3 is 5.32 Å². The van der Waals surface area contributed by atoms with E-state index in [2.05, 4.69) is 38.6 Å². The summed E-state index contributed by atoms with van der Waals surface area (Å²) in [6, 6.07) is 6.34. The molecule has 5 nitrogen and oxygen atoms in total. The van der Waals surface area contributed by atoms with Crippen LogP contribution in [0.4, 0.5) is 0 Å². The summed E-state index contributed by atoms with van der Waals surface area (Å²) in [5.74, 6) is 0.201. The zero-order chi connectivity index (χ0) is 17.2. The van der Waals surface area contributed by atoms with Crippen molar-refractivity contribution in [2.24, 2.45) is 10.2 Å². The van der Waals surface area contributed by atoms with Crippen LogP contribution in [0.25, 0.3) is 5.57 Å². The third kappa shape index (κ3) is 3.48. The smallest absolute Gasteiger partial charge is 0.167 e. The Kier molecular flexibility index (Phi) is 4.59. The summed E-state index contributed by atoms with van der Waals surface area (Å²) < 4.78 is 0. The topological polar surface area (TPSA) is 57.1 Å². The van der Waals surface area contributed by atoms with Gasteiger partial charge in [0.15, 0.2) is 5.78 Å². The first-order valence-corrected chi connectivity index (χ1v) is 9.10. The van der Waals surface area contributed by atoms with Crippen molar-refractivity contribution in [3.63, 3.8) is 0 Å². The molecule has 4 rings (SSSR count). The van der Waals surface area contributed by atoms with Crippen molar-refractivity contribution in [3.05, 3.63) is 41.0 Å². The van der Waals surface area contributed by atoms with Gasteiger partial charge in [-0.05, 0) is 49.2 Å². The van der Waals surface area contributed by atoms with E-state index in [1.165, 1.54) is 12.0 Å². The lowest BCUT2D eigenvalue weighted by molar-refractivity contribution is -0.112. The summed E-state index contributed by atoms with van der Waals surface area (Å²) in [6.45, 7) is 7.14. The Labute approximate surface area is 148 Å². The first-order valence-electron chi connectivity index (χ1n) is 9.10. The van der Waals surface area contributed by atoms with Crippen LogP contribution in [0.1, 0.15) is 36.5 Å². The highest BCUT2D eigenvalue weighted by Crippen LogP contribution is 2.33. The molecular weight excluding hydrogens is 312 g/mol. The van der Waals surface area contributed by atoms with Crippen LogP contribution in [-0.4, -0.2) is 48.3 Å². The van der Waals surface area contributed by atoms with Gasteiger partial charge in [-0.2, -0.15) is 10.2 Å². The molecule has 1 N–H and O–H groups in total. The van der Waals surface area contributed by atoms with Crippen molar-refractivity contribution >= 4 is 22.8 Å². The van der Waals surface area contributed by atoms with Gasteiger partial charge in [0.1, 0.15) is 0 Å². The van der Waals surface area contributed by atoms with E-state index in [4.69, 9.17) is 0 Å². The average Bonchev–Trinajstić information content (AvgIpc) is 3.03. The van der Waals surface area contributed by atoms with Crippen molar-refractivity contribution in [1.29, 1.82) is 0 Å². The highest BCUT2D eigenvalue weighted by molar-refractivity contribution is 6.30. The van der Waals surface area contributed by atoms with E-state index in [0.717, 1.165) is 67.3 Å². The monoisotopic (exact) mass is 336 g/mol. The number of carbonyl (C=O) groups excluding carboxylic acids is 1. The van der Waals surface area contributed by atoms with Gasteiger partial charge in [-0.1, -0.05) is 18.2 Å². The Hall–Kier alpha value is -2.11. The van der Waals surface area contributed by atoms with Crippen molar-refractivity contribution in [1.82, 2.24) is 10.2 Å². The fourth-order valence-corrected chi connectivity index (χ4v) is 3.87. The number of hydrogen-bond donors (Lipinski definition) is 1. The normalized spacial score (nSPS) is 22.8. The quantitative estimate of drug-likeness (QED) is 0.861. The van der Waals surface area contributed by atoms with Gasteiger partial charge in [-0.3, -0.25) is 9.69 Å². The SMILES string of the molecule is CC1=NN=C(/C=C2\C(=O)Cc3cccc(CN4CCCNCC4)c32)C1. The predicted molar refractivity (Wildman–Crippen MR) is 101 cm³/mol. The lowest BCUT2D eigenvalue weighted by Gasteiger charge is -2.21. The number of nitrogens with one attached hydrogen (secondary N) is 1. The van der Waals surface area contributed by atoms with Crippen LogP contribution in [0.3, 0.4) is 0 Å². The number of allylic oxidation sites excluding steroid dienone is 2. The number of hydrogen-bond acceptors (Lipinski definition) is 5. The molecule has 1 saturated heterocycles. The molecule has 3 aliphatic rings. The minimum atomic E-state index is 0.201. The molecule has 0 bridgehead atoms. The second kappa shape index (κ2) is 7.02. The number of carbonyl (C=O) groups is 1. The van der Waals surface area contributed by atoms with E-state index in [-0.39, 0.29) is 5.78 Å². The van der Waals surface area contributed by atoms with E-state index in [9.17, 15) is 4.79 Å². The fraction of sp³-hybridized carbons (Fsp3) is 0.450. The minimum absolute atomic E-state index is 0.201. The van der Waals surface area contributed by atoms with E-state index < -0.39 is 0 Å². The van der Waals surface area contributed by atoms with Crippen molar-refractivity contribution in [2.45, 2.75) is 32.7 Å². The maximum atomic E-state index is 12.6. The number of fused-ring (bicyclic) bond motifs is 1. The molecule has 0 amide bonds. The molecule has 0 radical (unpaired) electrons. The van der Waals surface area contributed by atoms with Crippen LogP contribution >= 0.6 is 0 Å². The Balaban J connectivity index is 1.64. The molecule has 5 heteroatoms. The van der Waals surface area contributed by atoms with Gasteiger partial charge in [0.2, 0.25) is 0 Å². The number of ketones is 1. The Bertz CT molecular complexity index is 783. The van der Waals surface area contributed by atoms with Crippen molar-refractivity contribution in [3.8, 4) is 0 Å². The number of rotatable bonds is 3. The molecule has 25 heavy (non-hydrogen) atoms. The zero-order valence-corrected chi connectivity index (χ0v) is 14.7. The third-order valence-corrected chi connectivity index (χ3v) is 5.08. The first-order chi connectivity index (χ1) is 12.2. The number of Topliss-reactive ketones (excluding diaryl/α,β-unsaturated/α-hetero) is 1.